The van der Waals surface area contributed by atoms with Gasteiger partial charge in [-0.25, -0.2) is 8.78 Å². The van der Waals surface area contributed by atoms with Crippen LogP contribution in [0.1, 0.15) is 13.3 Å². The van der Waals surface area contributed by atoms with Crippen molar-refractivity contribution in [2.24, 2.45) is 0 Å². The maximum Gasteiger partial charge on any atom is 0.167 e. The molecule has 2 aromatic carbocycles. The summed E-state index contributed by atoms with van der Waals surface area (Å²) in [5, 5.41) is 2.98. The smallest absolute Gasteiger partial charge is 0.167 e. The van der Waals surface area contributed by atoms with E-state index in [0.29, 0.717) is 12.3 Å². The fourth-order valence-electron chi connectivity index (χ4n) is 1.75. The highest BCUT2D eigenvalue weighted by Crippen LogP contribution is 2.34. The van der Waals surface area contributed by atoms with Crippen molar-refractivity contribution in [3.05, 3.63) is 47.0 Å². The van der Waals surface area contributed by atoms with Crippen molar-refractivity contribution in [2.45, 2.75) is 13.3 Å². The third-order valence-electron chi connectivity index (χ3n) is 2.79. The van der Waals surface area contributed by atoms with Gasteiger partial charge in [0.1, 0.15) is 5.82 Å². The standard InChI is InChI=1S/C15H15ClF2N2O/c1-2-6-21-14-8-13(12(19)7-11(14)18)20-15-9(16)4-3-5-10(15)17/h3-5,7-8,20H,2,6,19H2,1H3. The summed E-state index contributed by atoms with van der Waals surface area (Å²) in [7, 11) is 0. The molecule has 0 bridgehead atoms. The van der Waals surface area contributed by atoms with E-state index >= 15 is 0 Å². The molecule has 0 aliphatic rings. The molecule has 0 heterocycles. The van der Waals surface area contributed by atoms with Gasteiger partial charge in [0.05, 0.1) is 28.7 Å². The van der Waals surface area contributed by atoms with Crippen LogP contribution in [0.5, 0.6) is 5.75 Å². The Kier molecular flexibility index (Phi) is 4.85. The first-order chi connectivity index (χ1) is 10.0. The Balaban J connectivity index is 2.35. The number of hydrogen-bond donors (Lipinski definition) is 2. The molecule has 21 heavy (non-hydrogen) atoms. The number of para-hydroxylation sites is 1. The van der Waals surface area contributed by atoms with Crippen LogP contribution in [0.15, 0.2) is 30.3 Å². The summed E-state index contributed by atoms with van der Waals surface area (Å²) >= 11 is 5.94. The summed E-state index contributed by atoms with van der Waals surface area (Å²) < 4.78 is 32.8. The molecule has 3 nitrogen and oxygen atoms in total. The summed E-state index contributed by atoms with van der Waals surface area (Å²) in [5.41, 5.74) is 6.29. The van der Waals surface area contributed by atoms with Crippen LogP contribution >= 0.6 is 11.6 Å². The number of rotatable bonds is 5. The molecule has 0 amide bonds. The van der Waals surface area contributed by atoms with E-state index in [-0.39, 0.29) is 22.1 Å². The number of anilines is 3. The van der Waals surface area contributed by atoms with Crippen molar-refractivity contribution in [3.63, 3.8) is 0 Å². The lowest BCUT2D eigenvalue weighted by Gasteiger charge is -2.14. The molecule has 0 radical (unpaired) electrons. The van der Waals surface area contributed by atoms with Gasteiger partial charge in [0.2, 0.25) is 0 Å². The lowest BCUT2D eigenvalue weighted by atomic mass is 10.2. The summed E-state index contributed by atoms with van der Waals surface area (Å²) in [4.78, 5) is 0. The van der Waals surface area contributed by atoms with Gasteiger partial charge < -0.3 is 15.8 Å². The minimum absolute atomic E-state index is 0.0565. The highest BCUT2D eigenvalue weighted by atomic mass is 35.5. The van der Waals surface area contributed by atoms with Crippen LogP contribution in [-0.4, -0.2) is 6.61 Å². The largest absolute Gasteiger partial charge is 0.490 e. The Bertz CT molecular complexity index is 630. The quantitative estimate of drug-likeness (QED) is 0.784. The van der Waals surface area contributed by atoms with Gasteiger partial charge in [-0.2, -0.15) is 0 Å². The van der Waals surface area contributed by atoms with Gasteiger partial charge in [0, 0.05) is 12.1 Å². The van der Waals surface area contributed by atoms with Gasteiger partial charge in [0.15, 0.2) is 11.6 Å². The maximum atomic E-state index is 13.8. The molecule has 112 valence electrons. The summed E-state index contributed by atoms with van der Waals surface area (Å²) in [5.74, 6) is -1.03. The van der Waals surface area contributed by atoms with Crippen LogP contribution in [0, 0.1) is 11.6 Å². The molecule has 0 aliphatic carbocycles. The van der Waals surface area contributed by atoms with Gasteiger partial charge in [-0.15, -0.1) is 0 Å². The zero-order chi connectivity index (χ0) is 15.4. The maximum absolute atomic E-state index is 13.8. The molecule has 2 aromatic rings. The van der Waals surface area contributed by atoms with E-state index in [2.05, 4.69) is 5.32 Å². The van der Waals surface area contributed by atoms with Crippen LogP contribution in [0.3, 0.4) is 0 Å². The van der Waals surface area contributed by atoms with E-state index < -0.39 is 11.6 Å². The molecule has 2 rings (SSSR count). The van der Waals surface area contributed by atoms with E-state index in [1.54, 1.807) is 6.07 Å². The molecule has 0 saturated heterocycles. The minimum Gasteiger partial charge on any atom is -0.490 e. The van der Waals surface area contributed by atoms with Crippen LogP contribution in [0.4, 0.5) is 25.8 Å². The highest BCUT2D eigenvalue weighted by Gasteiger charge is 2.13. The molecule has 0 aromatic heterocycles. The predicted molar refractivity (Wildman–Crippen MR) is 81.3 cm³/mol. The van der Waals surface area contributed by atoms with Gasteiger partial charge in [-0.3, -0.25) is 0 Å². The van der Waals surface area contributed by atoms with E-state index in [1.165, 1.54) is 18.2 Å². The summed E-state index contributed by atoms with van der Waals surface area (Å²) in [6.45, 7) is 2.29. The number of nitrogens with one attached hydrogen (secondary N) is 1. The lowest BCUT2D eigenvalue weighted by Crippen LogP contribution is -2.03. The molecule has 0 saturated carbocycles. The van der Waals surface area contributed by atoms with Crippen molar-refractivity contribution >= 4 is 28.7 Å². The molecular formula is C15H15ClF2N2O. The van der Waals surface area contributed by atoms with E-state index in [9.17, 15) is 8.78 Å². The molecule has 0 fully saturated rings. The molecule has 0 spiro atoms. The minimum atomic E-state index is -0.564. The normalized spacial score (nSPS) is 10.5. The van der Waals surface area contributed by atoms with Crippen LogP contribution in [0.25, 0.3) is 0 Å². The van der Waals surface area contributed by atoms with Crippen molar-refractivity contribution in [3.8, 4) is 5.75 Å². The molecule has 3 N–H and O–H groups in total. The Hall–Kier alpha value is -2.01. The van der Waals surface area contributed by atoms with E-state index in [0.717, 1.165) is 12.5 Å². The van der Waals surface area contributed by atoms with Crippen molar-refractivity contribution < 1.29 is 13.5 Å². The molecule has 0 aliphatic heterocycles. The summed E-state index contributed by atoms with van der Waals surface area (Å²) in [6.07, 6.45) is 0.742. The third kappa shape index (κ3) is 3.55. The zero-order valence-corrected chi connectivity index (χ0v) is 12.2. The summed E-state index contributed by atoms with van der Waals surface area (Å²) in [6, 6.07) is 6.82. The molecule has 6 heteroatoms. The van der Waals surface area contributed by atoms with Gasteiger partial charge in [-0.1, -0.05) is 24.6 Å². The molecule has 0 atom stereocenters. The first-order valence-electron chi connectivity index (χ1n) is 6.45. The van der Waals surface area contributed by atoms with Gasteiger partial charge >= 0.3 is 0 Å². The van der Waals surface area contributed by atoms with E-state index in [1.807, 2.05) is 6.92 Å². The van der Waals surface area contributed by atoms with Gasteiger partial charge in [-0.05, 0) is 18.6 Å². The fourth-order valence-corrected chi connectivity index (χ4v) is 1.96. The van der Waals surface area contributed by atoms with Crippen molar-refractivity contribution in [1.82, 2.24) is 0 Å². The van der Waals surface area contributed by atoms with Gasteiger partial charge in [0.25, 0.3) is 0 Å². The van der Waals surface area contributed by atoms with Crippen LogP contribution in [-0.2, 0) is 0 Å². The first-order valence-corrected chi connectivity index (χ1v) is 6.83. The topological polar surface area (TPSA) is 47.3 Å². The fraction of sp³-hybridized carbons (Fsp3) is 0.200. The number of nitrogens with two attached hydrogens (primary N) is 1. The lowest BCUT2D eigenvalue weighted by molar-refractivity contribution is 0.301. The average Bonchev–Trinajstić information content (AvgIpc) is 2.44. The van der Waals surface area contributed by atoms with Crippen molar-refractivity contribution in [1.29, 1.82) is 0 Å². The SMILES string of the molecule is CCCOc1cc(Nc2c(F)cccc2Cl)c(N)cc1F. The second kappa shape index (κ2) is 6.63. The van der Waals surface area contributed by atoms with E-state index in [4.69, 9.17) is 22.1 Å². The average molecular weight is 313 g/mol. The highest BCUT2D eigenvalue weighted by molar-refractivity contribution is 6.33. The second-order valence-corrected chi connectivity index (χ2v) is 4.85. The Morgan fingerprint density at radius 2 is 2.00 bits per heavy atom. The Morgan fingerprint density at radius 1 is 1.24 bits per heavy atom. The number of nitrogen functional groups attached to an aromatic ring is 1. The molecule has 0 unspecified atom stereocenters. The molecular weight excluding hydrogens is 298 g/mol. The first kappa shape index (κ1) is 15.4. The number of hydrogen-bond acceptors (Lipinski definition) is 3. The second-order valence-electron chi connectivity index (χ2n) is 4.44. The van der Waals surface area contributed by atoms with Crippen LogP contribution in [0.2, 0.25) is 5.02 Å². The zero-order valence-electron chi connectivity index (χ0n) is 11.4. The van der Waals surface area contributed by atoms with Crippen molar-refractivity contribution in [2.75, 3.05) is 17.7 Å². The van der Waals surface area contributed by atoms with Crippen LogP contribution < -0.4 is 15.8 Å². The Labute approximate surface area is 126 Å². The number of halogens is 3. The number of benzene rings is 2. The Morgan fingerprint density at radius 3 is 2.67 bits per heavy atom. The third-order valence-corrected chi connectivity index (χ3v) is 3.10. The number of ether oxygens (including phenoxy) is 1. The monoisotopic (exact) mass is 312 g/mol. The predicted octanol–water partition coefficient (Wildman–Crippen LogP) is 4.73.